The van der Waals surface area contributed by atoms with Gasteiger partial charge in [0.25, 0.3) is 0 Å². The summed E-state index contributed by atoms with van der Waals surface area (Å²) in [5, 5.41) is 0. The molecule has 0 spiro atoms. The van der Waals surface area contributed by atoms with E-state index in [1.165, 1.54) is 0 Å². The van der Waals surface area contributed by atoms with Crippen molar-refractivity contribution in [2.45, 2.75) is 33.5 Å². The lowest BCUT2D eigenvalue weighted by molar-refractivity contribution is 0.0635. The largest absolute Gasteiger partial charge is 0.373 e. The number of nitrogens with zero attached hydrogens (tertiary/aromatic N) is 1. The molecule has 2 heteroatoms. The van der Waals surface area contributed by atoms with E-state index in [2.05, 4.69) is 4.98 Å². The molecule has 0 aliphatic carbocycles. The van der Waals surface area contributed by atoms with Crippen molar-refractivity contribution < 1.29 is 4.74 Å². The molecule has 0 aliphatic rings. The van der Waals surface area contributed by atoms with E-state index in [-0.39, 0.29) is 6.10 Å². The smallest absolute Gasteiger partial charge is 0.0891 e. The van der Waals surface area contributed by atoms with Crippen LogP contribution < -0.4 is 0 Å². The van der Waals surface area contributed by atoms with Crippen molar-refractivity contribution in [1.82, 2.24) is 4.98 Å². The topological polar surface area (TPSA) is 22.1 Å². The van der Waals surface area contributed by atoms with Gasteiger partial charge >= 0.3 is 0 Å². The summed E-state index contributed by atoms with van der Waals surface area (Å²) in [4.78, 5) is 4.32. The lowest BCUT2D eigenvalue weighted by atomic mass is 10.3. The third-order valence-electron chi connectivity index (χ3n) is 1.51. The van der Waals surface area contributed by atoms with Gasteiger partial charge < -0.3 is 4.74 Å². The van der Waals surface area contributed by atoms with Crippen molar-refractivity contribution in [3.05, 3.63) is 29.6 Å². The van der Waals surface area contributed by atoms with Crippen LogP contribution in [0.4, 0.5) is 0 Å². The Morgan fingerprint density at radius 3 is 2.75 bits per heavy atom. The van der Waals surface area contributed by atoms with E-state index in [1.807, 2.05) is 39.0 Å². The standard InChI is InChI=1S/C10H15NO/c1-8(2)12-7-10-6-4-5-9(3)11-10/h4-6,8H,7H2,1-3H3. The van der Waals surface area contributed by atoms with Gasteiger partial charge in [-0.15, -0.1) is 0 Å². The van der Waals surface area contributed by atoms with Crippen LogP contribution >= 0.6 is 0 Å². The van der Waals surface area contributed by atoms with E-state index in [1.54, 1.807) is 0 Å². The molecule has 2 nitrogen and oxygen atoms in total. The fourth-order valence-electron chi connectivity index (χ4n) is 0.932. The zero-order valence-corrected chi connectivity index (χ0v) is 7.87. The second-order valence-electron chi connectivity index (χ2n) is 3.13. The molecule has 0 bridgehead atoms. The molecule has 0 amide bonds. The van der Waals surface area contributed by atoms with Gasteiger partial charge in [-0.2, -0.15) is 0 Å². The van der Waals surface area contributed by atoms with Crippen LogP contribution in [0.2, 0.25) is 0 Å². The minimum Gasteiger partial charge on any atom is -0.373 e. The summed E-state index contributed by atoms with van der Waals surface area (Å²) in [7, 11) is 0. The zero-order valence-electron chi connectivity index (χ0n) is 7.87. The molecule has 1 aromatic rings. The van der Waals surface area contributed by atoms with Gasteiger partial charge in [-0.3, -0.25) is 4.98 Å². The maximum Gasteiger partial charge on any atom is 0.0891 e. The highest BCUT2D eigenvalue weighted by Crippen LogP contribution is 2.01. The van der Waals surface area contributed by atoms with Crippen molar-refractivity contribution in [2.24, 2.45) is 0 Å². The van der Waals surface area contributed by atoms with Crippen LogP contribution in [0.15, 0.2) is 18.2 Å². The van der Waals surface area contributed by atoms with Crippen LogP contribution in [-0.4, -0.2) is 11.1 Å². The average molecular weight is 165 g/mol. The molecular formula is C10H15NO. The van der Waals surface area contributed by atoms with Gasteiger partial charge in [-0.05, 0) is 32.9 Å². The molecule has 1 heterocycles. The Kier molecular flexibility index (Phi) is 3.23. The molecule has 0 saturated carbocycles. The fraction of sp³-hybridized carbons (Fsp3) is 0.500. The molecule has 0 N–H and O–H groups in total. The van der Waals surface area contributed by atoms with Gasteiger partial charge in [0.05, 0.1) is 18.4 Å². The number of aromatic nitrogens is 1. The Morgan fingerprint density at radius 1 is 1.42 bits per heavy atom. The van der Waals surface area contributed by atoms with Gasteiger partial charge in [0.2, 0.25) is 0 Å². The predicted molar refractivity (Wildman–Crippen MR) is 48.9 cm³/mol. The van der Waals surface area contributed by atoms with Crippen molar-refractivity contribution in [3.8, 4) is 0 Å². The number of hydrogen-bond donors (Lipinski definition) is 0. The number of aryl methyl sites for hydroxylation is 1. The summed E-state index contributed by atoms with van der Waals surface area (Å²) < 4.78 is 5.42. The average Bonchev–Trinajstić information content (AvgIpc) is 2.01. The molecule has 0 radical (unpaired) electrons. The Labute approximate surface area is 73.6 Å². The second kappa shape index (κ2) is 4.21. The van der Waals surface area contributed by atoms with Crippen molar-refractivity contribution in [3.63, 3.8) is 0 Å². The molecule has 0 aliphatic heterocycles. The first-order chi connectivity index (χ1) is 5.68. The summed E-state index contributed by atoms with van der Waals surface area (Å²) in [5.74, 6) is 0. The highest BCUT2D eigenvalue weighted by molar-refractivity contribution is 5.08. The molecule has 0 atom stereocenters. The summed E-state index contributed by atoms with van der Waals surface area (Å²) in [6.07, 6.45) is 0.271. The Balaban J connectivity index is 2.52. The van der Waals surface area contributed by atoms with Crippen molar-refractivity contribution in [1.29, 1.82) is 0 Å². The van der Waals surface area contributed by atoms with Gasteiger partial charge in [0.1, 0.15) is 0 Å². The molecule has 0 unspecified atom stereocenters. The minimum absolute atomic E-state index is 0.271. The molecule has 12 heavy (non-hydrogen) atoms. The van der Waals surface area contributed by atoms with Gasteiger partial charge in [0.15, 0.2) is 0 Å². The first-order valence-corrected chi connectivity index (χ1v) is 4.22. The minimum atomic E-state index is 0.271. The molecule has 1 aromatic heterocycles. The third kappa shape index (κ3) is 3.01. The molecule has 0 aromatic carbocycles. The summed E-state index contributed by atoms with van der Waals surface area (Å²) in [6.45, 7) is 6.64. The molecule has 1 rings (SSSR count). The lowest BCUT2D eigenvalue weighted by Gasteiger charge is -2.06. The normalized spacial score (nSPS) is 10.7. The number of pyridine rings is 1. The maximum absolute atomic E-state index is 5.42. The van der Waals surface area contributed by atoms with Crippen molar-refractivity contribution in [2.75, 3.05) is 0 Å². The summed E-state index contributed by atoms with van der Waals surface area (Å²) >= 11 is 0. The van der Waals surface area contributed by atoms with E-state index in [9.17, 15) is 0 Å². The highest BCUT2D eigenvalue weighted by Gasteiger charge is 1.96. The van der Waals surface area contributed by atoms with Crippen LogP contribution in [0, 0.1) is 6.92 Å². The Morgan fingerprint density at radius 2 is 2.17 bits per heavy atom. The summed E-state index contributed by atoms with van der Waals surface area (Å²) in [6, 6.07) is 5.97. The van der Waals surface area contributed by atoms with Gasteiger partial charge in [-0.25, -0.2) is 0 Å². The van der Waals surface area contributed by atoms with Crippen LogP contribution in [0.25, 0.3) is 0 Å². The van der Waals surface area contributed by atoms with E-state index < -0.39 is 0 Å². The number of hydrogen-bond acceptors (Lipinski definition) is 2. The van der Waals surface area contributed by atoms with E-state index in [0.29, 0.717) is 6.61 Å². The van der Waals surface area contributed by atoms with E-state index in [0.717, 1.165) is 11.4 Å². The molecule has 0 fully saturated rings. The first kappa shape index (κ1) is 9.20. The second-order valence-corrected chi connectivity index (χ2v) is 3.13. The van der Waals surface area contributed by atoms with Gasteiger partial charge in [-0.1, -0.05) is 6.07 Å². The number of ether oxygens (including phenoxy) is 1. The first-order valence-electron chi connectivity index (χ1n) is 4.22. The Bertz CT molecular complexity index is 245. The fourth-order valence-corrected chi connectivity index (χ4v) is 0.932. The monoisotopic (exact) mass is 165 g/mol. The van der Waals surface area contributed by atoms with Gasteiger partial charge in [0, 0.05) is 5.69 Å². The maximum atomic E-state index is 5.42. The highest BCUT2D eigenvalue weighted by atomic mass is 16.5. The third-order valence-corrected chi connectivity index (χ3v) is 1.51. The molecule has 66 valence electrons. The molecular weight excluding hydrogens is 150 g/mol. The van der Waals surface area contributed by atoms with E-state index in [4.69, 9.17) is 4.74 Å². The Hall–Kier alpha value is -0.890. The SMILES string of the molecule is Cc1cccc(COC(C)C)n1. The quantitative estimate of drug-likeness (QED) is 0.685. The number of rotatable bonds is 3. The van der Waals surface area contributed by atoms with E-state index >= 15 is 0 Å². The lowest BCUT2D eigenvalue weighted by Crippen LogP contribution is -2.03. The van der Waals surface area contributed by atoms with Crippen LogP contribution in [0.3, 0.4) is 0 Å². The summed E-state index contributed by atoms with van der Waals surface area (Å²) in [5.41, 5.74) is 2.04. The zero-order chi connectivity index (χ0) is 8.97. The van der Waals surface area contributed by atoms with Crippen LogP contribution in [0.5, 0.6) is 0 Å². The predicted octanol–water partition coefficient (Wildman–Crippen LogP) is 2.32. The molecule has 0 saturated heterocycles. The van der Waals surface area contributed by atoms with Crippen LogP contribution in [-0.2, 0) is 11.3 Å². The van der Waals surface area contributed by atoms with Crippen LogP contribution in [0.1, 0.15) is 25.2 Å². The van der Waals surface area contributed by atoms with Crippen molar-refractivity contribution >= 4 is 0 Å².